The summed E-state index contributed by atoms with van der Waals surface area (Å²) in [7, 11) is -2.41. The fourth-order valence-electron chi connectivity index (χ4n) is 3.76. The summed E-state index contributed by atoms with van der Waals surface area (Å²) in [5.74, 6) is -1.70. The van der Waals surface area contributed by atoms with Gasteiger partial charge in [-0.15, -0.1) is 11.3 Å². The van der Waals surface area contributed by atoms with E-state index >= 15 is 0 Å². The standard InChI is InChI=1S/C22H22ClFN4O4S2/c1-27(9-7-25)21(29)14-3-5-18(16(24)10-14)28-8-6-17(22(28)30)26-34(31,32)20-11-13-2-4-15(23)12-19(13)33-20/h2-5,10-12,17,26H,6-9,25H2,1H3. The molecule has 1 fully saturated rings. The minimum Gasteiger partial charge on any atom is -0.340 e. The molecule has 3 aromatic rings. The van der Waals surface area contributed by atoms with Gasteiger partial charge in [0.1, 0.15) is 16.1 Å². The summed E-state index contributed by atoms with van der Waals surface area (Å²) in [6, 6.07) is 9.40. The van der Waals surface area contributed by atoms with E-state index in [4.69, 9.17) is 17.3 Å². The van der Waals surface area contributed by atoms with Crippen LogP contribution >= 0.6 is 22.9 Å². The van der Waals surface area contributed by atoms with Crippen molar-refractivity contribution in [2.45, 2.75) is 16.7 Å². The number of nitrogens with one attached hydrogen (secondary N) is 1. The fourth-order valence-corrected chi connectivity index (χ4v) is 6.68. The number of hydrogen-bond acceptors (Lipinski definition) is 6. The van der Waals surface area contributed by atoms with Crippen LogP contribution in [0.4, 0.5) is 10.1 Å². The molecule has 34 heavy (non-hydrogen) atoms. The number of sulfonamides is 1. The predicted molar refractivity (Wildman–Crippen MR) is 130 cm³/mol. The number of anilines is 1. The topological polar surface area (TPSA) is 113 Å². The van der Waals surface area contributed by atoms with Crippen molar-refractivity contribution in [2.75, 3.05) is 31.6 Å². The molecule has 1 aliphatic rings. The second-order valence-electron chi connectivity index (χ2n) is 7.88. The molecule has 2 amide bonds. The second kappa shape index (κ2) is 9.59. The van der Waals surface area contributed by atoms with Gasteiger partial charge in [-0.2, -0.15) is 4.72 Å². The van der Waals surface area contributed by atoms with Gasteiger partial charge in [0.15, 0.2) is 0 Å². The third-order valence-electron chi connectivity index (χ3n) is 5.52. The zero-order chi connectivity index (χ0) is 24.6. The molecule has 1 saturated heterocycles. The third kappa shape index (κ3) is 4.80. The van der Waals surface area contributed by atoms with Crippen LogP contribution in [-0.4, -0.2) is 57.9 Å². The lowest BCUT2D eigenvalue weighted by molar-refractivity contribution is -0.118. The Balaban J connectivity index is 1.50. The summed E-state index contributed by atoms with van der Waals surface area (Å²) in [6.07, 6.45) is 0.175. The first-order chi connectivity index (χ1) is 16.1. The van der Waals surface area contributed by atoms with Gasteiger partial charge in [0.2, 0.25) is 5.91 Å². The maximum atomic E-state index is 14.8. The molecule has 180 valence electrons. The molecular formula is C22H22ClFN4O4S2. The van der Waals surface area contributed by atoms with E-state index in [1.165, 1.54) is 28.0 Å². The molecule has 12 heteroatoms. The Morgan fingerprint density at radius 2 is 2.06 bits per heavy atom. The van der Waals surface area contributed by atoms with E-state index in [-0.39, 0.29) is 40.9 Å². The summed E-state index contributed by atoms with van der Waals surface area (Å²) in [5, 5.41) is 1.22. The Labute approximate surface area is 205 Å². The van der Waals surface area contributed by atoms with Crippen molar-refractivity contribution in [2.24, 2.45) is 5.73 Å². The van der Waals surface area contributed by atoms with Gasteiger partial charge in [-0.25, -0.2) is 12.8 Å². The lowest BCUT2D eigenvalue weighted by atomic mass is 10.1. The maximum absolute atomic E-state index is 14.8. The number of thiophene rings is 1. The number of halogens is 2. The quantitative estimate of drug-likeness (QED) is 0.493. The Kier molecular flexibility index (Phi) is 6.92. The highest BCUT2D eigenvalue weighted by molar-refractivity contribution is 7.91. The lowest BCUT2D eigenvalue weighted by Crippen LogP contribution is -2.41. The van der Waals surface area contributed by atoms with Gasteiger partial charge in [-0.3, -0.25) is 9.59 Å². The molecule has 2 aromatic carbocycles. The smallest absolute Gasteiger partial charge is 0.253 e. The number of rotatable bonds is 7. The molecule has 0 saturated carbocycles. The molecule has 8 nitrogen and oxygen atoms in total. The predicted octanol–water partition coefficient (Wildman–Crippen LogP) is 2.81. The highest BCUT2D eigenvalue weighted by Crippen LogP contribution is 2.32. The van der Waals surface area contributed by atoms with Crippen molar-refractivity contribution in [1.82, 2.24) is 9.62 Å². The highest BCUT2D eigenvalue weighted by atomic mass is 35.5. The average molecular weight is 525 g/mol. The molecule has 1 aromatic heterocycles. The zero-order valence-electron chi connectivity index (χ0n) is 18.1. The molecular weight excluding hydrogens is 503 g/mol. The summed E-state index contributed by atoms with van der Waals surface area (Å²) >= 11 is 7.03. The Bertz CT molecular complexity index is 1380. The van der Waals surface area contributed by atoms with E-state index in [0.717, 1.165) is 22.8 Å². The number of fused-ring (bicyclic) bond motifs is 1. The summed E-state index contributed by atoms with van der Waals surface area (Å²) in [6.45, 7) is 0.727. The molecule has 0 bridgehead atoms. The van der Waals surface area contributed by atoms with Crippen molar-refractivity contribution in [3.05, 3.63) is 58.9 Å². The van der Waals surface area contributed by atoms with Crippen molar-refractivity contribution in [1.29, 1.82) is 0 Å². The van der Waals surface area contributed by atoms with Crippen molar-refractivity contribution < 1.29 is 22.4 Å². The first kappa shape index (κ1) is 24.6. The largest absolute Gasteiger partial charge is 0.340 e. The number of carbonyl (C=O) groups is 2. The van der Waals surface area contributed by atoms with Crippen molar-refractivity contribution in [3.63, 3.8) is 0 Å². The number of likely N-dealkylation sites (N-methyl/N-ethyl adjacent to an activating group) is 1. The Hall–Kier alpha value is -2.57. The van der Waals surface area contributed by atoms with Gasteiger partial charge in [-0.1, -0.05) is 17.7 Å². The molecule has 0 radical (unpaired) electrons. The first-order valence-corrected chi connectivity index (χ1v) is 13.1. The third-order valence-corrected chi connectivity index (χ3v) is 8.80. The van der Waals surface area contributed by atoms with Crippen LogP contribution < -0.4 is 15.4 Å². The van der Waals surface area contributed by atoms with Crippen LogP contribution in [0.2, 0.25) is 5.02 Å². The number of benzene rings is 2. The van der Waals surface area contributed by atoms with Crippen LogP contribution in [0.25, 0.3) is 10.1 Å². The number of hydrogen-bond donors (Lipinski definition) is 2. The minimum atomic E-state index is -3.98. The van der Waals surface area contributed by atoms with E-state index in [0.29, 0.717) is 16.3 Å². The number of carbonyl (C=O) groups excluding carboxylic acids is 2. The first-order valence-electron chi connectivity index (χ1n) is 10.4. The Morgan fingerprint density at radius 1 is 1.29 bits per heavy atom. The normalized spacial score (nSPS) is 16.4. The molecule has 1 aliphatic heterocycles. The van der Waals surface area contributed by atoms with Crippen LogP contribution in [0.15, 0.2) is 46.7 Å². The number of nitrogens with two attached hydrogens (primary N) is 1. The van der Waals surface area contributed by atoms with Gasteiger partial charge in [-0.05, 0) is 48.2 Å². The molecule has 0 spiro atoms. The van der Waals surface area contributed by atoms with E-state index in [1.807, 2.05) is 0 Å². The molecule has 1 unspecified atom stereocenters. The van der Waals surface area contributed by atoms with Crippen LogP contribution in [0.3, 0.4) is 0 Å². The Morgan fingerprint density at radius 3 is 2.76 bits per heavy atom. The monoisotopic (exact) mass is 524 g/mol. The summed E-state index contributed by atoms with van der Waals surface area (Å²) < 4.78 is 43.8. The molecule has 0 aliphatic carbocycles. The SMILES string of the molecule is CN(CCN)C(=O)c1ccc(N2CCC(NS(=O)(=O)c3cc4ccc(Cl)cc4s3)C2=O)c(F)c1. The molecule has 2 heterocycles. The summed E-state index contributed by atoms with van der Waals surface area (Å²) in [5.41, 5.74) is 5.57. The fraction of sp³-hybridized carbons (Fsp3) is 0.273. The molecule has 4 rings (SSSR count). The number of nitrogens with zero attached hydrogens (tertiary/aromatic N) is 2. The van der Waals surface area contributed by atoms with Crippen molar-refractivity contribution >= 4 is 60.5 Å². The van der Waals surface area contributed by atoms with Gasteiger partial charge in [0.05, 0.1) is 5.69 Å². The average Bonchev–Trinajstić information content (AvgIpc) is 3.37. The van der Waals surface area contributed by atoms with E-state index in [9.17, 15) is 22.4 Å². The van der Waals surface area contributed by atoms with Gasteiger partial charge < -0.3 is 15.5 Å². The minimum absolute atomic E-state index is 0.0128. The van der Waals surface area contributed by atoms with Crippen LogP contribution in [0, 0.1) is 5.82 Å². The van der Waals surface area contributed by atoms with Crippen LogP contribution in [0.5, 0.6) is 0 Å². The molecule has 3 N–H and O–H groups in total. The van der Waals surface area contributed by atoms with E-state index in [1.54, 1.807) is 25.2 Å². The molecule has 1 atom stereocenters. The van der Waals surface area contributed by atoms with Gasteiger partial charge in [0, 0.05) is 42.0 Å². The number of amides is 2. The summed E-state index contributed by atoms with van der Waals surface area (Å²) in [4.78, 5) is 27.8. The van der Waals surface area contributed by atoms with E-state index in [2.05, 4.69) is 4.72 Å². The lowest BCUT2D eigenvalue weighted by Gasteiger charge is -2.20. The van der Waals surface area contributed by atoms with Crippen LogP contribution in [-0.2, 0) is 14.8 Å². The van der Waals surface area contributed by atoms with Crippen molar-refractivity contribution in [3.8, 4) is 0 Å². The zero-order valence-corrected chi connectivity index (χ0v) is 20.5. The van der Waals surface area contributed by atoms with Crippen LogP contribution in [0.1, 0.15) is 16.8 Å². The second-order valence-corrected chi connectivity index (χ2v) is 11.3. The van der Waals surface area contributed by atoms with E-state index < -0.39 is 27.8 Å². The maximum Gasteiger partial charge on any atom is 0.253 e. The highest BCUT2D eigenvalue weighted by Gasteiger charge is 2.37. The van der Waals surface area contributed by atoms with Gasteiger partial charge in [0.25, 0.3) is 15.9 Å². The van der Waals surface area contributed by atoms with Gasteiger partial charge >= 0.3 is 0 Å².